The lowest BCUT2D eigenvalue weighted by Gasteiger charge is -2.39. The molecule has 6 rings (SSSR count). The van der Waals surface area contributed by atoms with Gasteiger partial charge in [-0.05, 0) is 135 Å². The van der Waals surface area contributed by atoms with Crippen LogP contribution >= 0.6 is 0 Å². The Morgan fingerprint density at radius 1 is 0.620 bits per heavy atom. The summed E-state index contributed by atoms with van der Waals surface area (Å²) in [4.78, 5) is 2.58. The molecule has 2 unspecified atom stereocenters. The number of anilines is 1. The molecule has 2 atom stereocenters. The summed E-state index contributed by atoms with van der Waals surface area (Å²) in [5.74, 6) is 2.38. The van der Waals surface area contributed by atoms with Gasteiger partial charge in [0.2, 0.25) is 10.0 Å². The molecule has 6 aromatic rings. The quantitative estimate of drug-likeness (QED) is 0.0389. The van der Waals surface area contributed by atoms with Gasteiger partial charge < -0.3 is 24.0 Å². The summed E-state index contributed by atoms with van der Waals surface area (Å²) in [5, 5.41) is 3.63. The van der Waals surface area contributed by atoms with Crippen LogP contribution < -0.4 is 24.2 Å². The van der Waals surface area contributed by atoms with Crippen molar-refractivity contribution in [3.63, 3.8) is 0 Å². The van der Waals surface area contributed by atoms with Crippen molar-refractivity contribution in [2.24, 2.45) is 0 Å². The molecule has 6 aromatic carbocycles. The van der Waals surface area contributed by atoms with Crippen molar-refractivity contribution < 1.29 is 27.1 Å². The van der Waals surface area contributed by atoms with E-state index in [0.717, 1.165) is 66.8 Å². The number of nitrogens with one attached hydrogen (secondary N) is 2. The van der Waals surface area contributed by atoms with E-state index in [1.54, 1.807) is 0 Å². The van der Waals surface area contributed by atoms with E-state index >= 15 is 0 Å². The molecule has 0 saturated heterocycles. The van der Waals surface area contributed by atoms with Crippen molar-refractivity contribution in [2.75, 3.05) is 37.2 Å². The van der Waals surface area contributed by atoms with Crippen LogP contribution in [0.4, 0.5) is 5.69 Å². The second-order valence-corrected chi connectivity index (χ2v) is 27.3. The third-order valence-electron chi connectivity index (χ3n) is 13.5. The molecule has 0 spiro atoms. The van der Waals surface area contributed by atoms with E-state index in [9.17, 15) is 8.42 Å². The minimum atomic E-state index is -3.58. The zero-order valence-corrected chi connectivity index (χ0v) is 45.7. The SMILES string of the molecule is CC(C)N(CCC(c1ccccc1)c1cc(CCOc2ccc(CCNCC(O[Si](C)(C)C(C)(C)C)c3ccc(OCc4ccccc4)c(NS(C)(=O)=O)c3)cc2)ccc1OCc1ccccc1)C(C)C. The maximum atomic E-state index is 12.5. The van der Waals surface area contributed by atoms with Gasteiger partial charge in [0.25, 0.3) is 0 Å². The van der Waals surface area contributed by atoms with Crippen molar-refractivity contribution in [2.45, 2.75) is 123 Å². The van der Waals surface area contributed by atoms with Gasteiger partial charge in [0.15, 0.2) is 8.32 Å². The number of hydrogen-bond donors (Lipinski definition) is 2. The maximum absolute atomic E-state index is 12.5. The summed E-state index contributed by atoms with van der Waals surface area (Å²) in [6.45, 7) is 23.9. The Labute approximate surface area is 427 Å². The van der Waals surface area contributed by atoms with Crippen LogP contribution in [0.25, 0.3) is 0 Å². The second kappa shape index (κ2) is 25.8. The molecule has 0 aliphatic carbocycles. The highest BCUT2D eigenvalue weighted by Crippen LogP contribution is 2.41. The van der Waals surface area contributed by atoms with Gasteiger partial charge in [0.05, 0.1) is 24.7 Å². The molecule has 0 saturated carbocycles. The first-order valence-electron chi connectivity index (χ1n) is 25.3. The molecule has 9 nitrogen and oxygen atoms in total. The third-order valence-corrected chi connectivity index (χ3v) is 18.6. The number of hydrogen-bond acceptors (Lipinski definition) is 8. The number of benzene rings is 6. The van der Waals surface area contributed by atoms with Gasteiger partial charge in [-0.1, -0.05) is 142 Å². The Morgan fingerprint density at radius 2 is 1.18 bits per heavy atom. The molecule has 0 radical (unpaired) electrons. The smallest absolute Gasteiger partial charge is 0.229 e. The van der Waals surface area contributed by atoms with Crippen LogP contribution in [0.15, 0.2) is 152 Å². The highest BCUT2D eigenvalue weighted by molar-refractivity contribution is 7.92. The molecule has 11 heteroatoms. The second-order valence-electron chi connectivity index (χ2n) is 20.8. The molecular formula is C60H79N3O6SSi. The van der Waals surface area contributed by atoms with Gasteiger partial charge in [-0.25, -0.2) is 8.42 Å². The monoisotopic (exact) mass is 998 g/mol. The van der Waals surface area contributed by atoms with Crippen LogP contribution in [0.2, 0.25) is 18.1 Å². The van der Waals surface area contributed by atoms with Crippen molar-refractivity contribution in [3.05, 3.63) is 191 Å². The van der Waals surface area contributed by atoms with E-state index in [1.807, 2.05) is 54.6 Å². The minimum Gasteiger partial charge on any atom is -0.493 e. The molecule has 0 amide bonds. The van der Waals surface area contributed by atoms with Crippen molar-refractivity contribution >= 4 is 24.0 Å². The van der Waals surface area contributed by atoms with Gasteiger partial charge in [0.1, 0.15) is 30.5 Å². The fraction of sp³-hybridized carbons (Fsp3) is 0.400. The molecule has 380 valence electrons. The van der Waals surface area contributed by atoms with Crippen molar-refractivity contribution in [1.29, 1.82) is 0 Å². The van der Waals surface area contributed by atoms with Crippen LogP contribution in [0.3, 0.4) is 0 Å². The molecule has 0 fully saturated rings. The van der Waals surface area contributed by atoms with Gasteiger partial charge in [-0.3, -0.25) is 9.62 Å². The molecule has 0 aliphatic heterocycles. The van der Waals surface area contributed by atoms with Gasteiger partial charge in [-0.2, -0.15) is 0 Å². The molecule has 0 aromatic heterocycles. The van der Waals surface area contributed by atoms with Crippen LogP contribution in [0.5, 0.6) is 17.2 Å². The Hall–Kier alpha value is -5.43. The summed E-state index contributed by atoms with van der Waals surface area (Å²) in [6.07, 6.45) is 3.39. The van der Waals surface area contributed by atoms with E-state index in [2.05, 4.69) is 174 Å². The molecular weight excluding hydrogens is 919 g/mol. The first-order valence-corrected chi connectivity index (χ1v) is 30.1. The Bertz CT molecular complexity index is 2630. The first kappa shape index (κ1) is 54.9. The van der Waals surface area contributed by atoms with Crippen LogP contribution in [0, 0.1) is 0 Å². The summed E-state index contributed by atoms with van der Waals surface area (Å²) in [5.41, 5.74) is 8.31. The number of ether oxygens (including phenoxy) is 3. The van der Waals surface area contributed by atoms with Crippen molar-refractivity contribution in [3.8, 4) is 17.2 Å². The van der Waals surface area contributed by atoms with Crippen LogP contribution in [0.1, 0.15) is 106 Å². The minimum absolute atomic E-state index is 0.0265. The summed E-state index contributed by atoms with van der Waals surface area (Å²) < 4.78 is 53.9. The molecule has 2 N–H and O–H groups in total. The van der Waals surface area contributed by atoms with E-state index in [0.29, 0.717) is 49.9 Å². The van der Waals surface area contributed by atoms with Crippen LogP contribution in [-0.4, -0.2) is 66.2 Å². The van der Waals surface area contributed by atoms with Gasteiger partial charge >= 0.3 is 0 Å². The fourth-order valence-corrected chi connectivity index (χ4v) is 10.5. The number of rotatable bonds is 27. The highest BCUT2D eigenvalue weighted by Gasteiger charge is 2.39. The normalized spacial score (nSPS) is 13.1. The molecule has 0 aliphatic rings. The zero-order chi connectivity index (χ0) is 51.0. The molecule has 71 heavy (non-hydrogen) atoms. The number of sulfonamides is 1. The van der Waals surface area contributed by atoms with Crippen molar-refractivity contribution in [1.82, 2.24) is 10.2 Å². The van der Waals surface area contributed by atoms with E-state index in [4.69, 9.17) is 18.6 Å². The summed E-state index contributed by atoms with van der Waals surface area (Å²) in [7, 11) is -5.82. The predicted molar refractivity (Wildman–Crippen MR) is 296 cm³/mol. The molecule has 0 heterocycles. The number of nitrogens with zero attached hydrogens (tertiary/aromatic N) is 1. The topological polar surface area (TPSA) is 98.4 Å². The Kier molecular flexibility index (Phi) is 19.9. The van der Waals surface area contributed by atoms with Crippen LogP contribution in [-0.2, 0) is 40.5 Å². The highest BCUT2D eigenvalue weighted by atomic mass is 32.2. The summed E-state index contributed by atoms with van der Waals surface area (Å²) >= 11 is 0. The lowest BCUT2D eigenvalue weighted by molar-refractivity contribution is 0.170. The maximum Gasteiger partial charge on any atom is 0.229 e. The third kappa shape index (κ3) is 17.1. The standard InChI is InChI=1S/C60H79N3O6SSi/c1-45(2)63(46(3)4)38-35-54(51-24-18-13-19-25-51)55-40-48(28-32-57(55)67-43-49-20-14-11-15-21-49)36-39-66-53-30-26-47(27-31-53)34-37-61-42-59(69-71(9,10)60(5,6)7)52-29-33-58(56(41-52)62-70(8,64)65)68-44-50-22-16-12-17-23-50/h11-33,40-41,45-46,54,59,61-62H,34-39,42-44H2,1-10H3. The lowest BCUT2D eigenvalue weighted by Crippen LogP contribution is -2.43. The molecule has 0 bridgehead atoms. The summed E-state index contributed by atoms with van der Waals surface area (Å²) in [6, 6.07) is 52.7. The predicted octanol–water partition coefficient (Wildman–Crippen LogP) is 13.4. The first-order chi connectivity index (χ1) is 33.8. The van der Waals surface area contributed by atoms with Gasteiger partial charge in [-0.15, -0.1) is 0 Å². The average Bonchev–Trinajstić information content (AvgIpc) is 3.33. The Balaban J connectivity index is 1.10. The zero-order valence-electron chi connectivity index (χ0n) is 43.9. The fourth-order valence-electron chi connectivity index (χ4n) is 8.62. The lowest BCUT2D eigenvalue weighted by atomic mass is 9.86. The largest absolute Gasteiger partial charge is 0.493 e. The van der Waals surface area contributed by atoms with E-state index < -0.39 is 18.3 Å². The van der Waals surface area contributed by atoms with E-state index in [-0.39, 0.29) is 17.1 Å². The van der Waals surface area contributed by atoms with E-state index in [1.165, 1.54) is 22.3 Å². The van der Waals surface area contributed by atoms with Gasteiger partial charge in [0, 0.05) is 36.5 Å². The average molecular weight is 998 g/mol. The Morgan fingerprint density at radius 3 is 1.76 bits per heavy atom.